The van der Waals surface area contributed by atoms with E-state index in [9.17, 15) is 14.4 Å². The average molecular weight is 446 g/mol. The van der Waals surface area contributed by atoms with Crippen molar-refractivity contribution < 1.29 is 9.59 Å². The highest BCUT2D eigenvalue weighted by Crippen LogP contribution is 2.27. The van der Waals surface area contributed by atoms with Crippen LogP contribution in [0.1, 0.15) is 48.1 Å². The van der Waals surface area contributed by atoms with Gasteiger partial charge in [-0.2, -0.15) is 0 Å². The summed E-state index contributed by atoms with van der Waals surface area (Å²) in [5.74, 6) is -0.288. The SMILES string of the molecule is Cc1ccc(C(=O)Cn2c(Cc3ccccc3)nc3sc(C(N)=O)c(C)c3c2=O)cc1C. The number of hydrogen-bond acceptors (Lipinski definition) is 5. The first-order valence-electron chi connectivity index (χ1n) is 10.2. The first kappa shape index (κ1) is 21.6. The summed E-state index contributed by atoms with van der Waals surface area (Å²) in [5, 5.41) is 0.341. The molecule has 0 aliphatic carbocycles. The van der Waals surface area contributed by atoms with E-state index in [1.807, 2.05) is 56.3 Å². The fourth-order valence-corrected chi connectivity index (χ4v) is 4.76. The van der Waals surface area contributed by atoms with Crippen LogP contribution >= 0.6 is 11.3 Å². The second kappa shape index (κ2) is 8.51. The summed E-state index contributed by atoms with van der Waals surface area (Å²) in [7, 11) is 0. The standard InChI is InChI=1S/C25H23N3O3S/c1-14-9-10-18(11-15(14)2)19(29)13-28-20(12-17-7-5-4-6-8-17)27-24-21(25(28)31)16(3)22(32-24)23(26)30/h4-11H,12-13H2,1-3H3,(H2,26,30). The highest BCUT2D eigenvalue weighted by atomic mass is 32.1. The molecule has 32 heavy (non-hydrogen) atoms. The smallest absolute Gasteiger partial charge is 0.263 e. The van der Waals surface area contributed by atoms with Gasteiger partial charge in [0.15, 0.2) is 5.78 Å². The maximum atomic E-state index is 13.5. The minimum absolute atomic E-state index is 0.131. The Kier molecular flexibility index (Phi) is 5.76. The van der Waals surface area contributed by atoms with Gasteiger partial charge in [-0.05, 0) is 49.1 Å². The van der Waals surface area contributed by atoms with Crippen LogP contribution < -0.4 is 11.3 Å². The van der Waals surface area contributed by atoms with Crippen molar-refractivity contribution >= 4 is 33.2 Å². The van der Waals surface area contributed by atoms with Crippen molar-refractivity contribution in [2.45, 2.75) is 33.7 Å². The number of aryl methyl sites for hydroxylation is 3. The van der Waals surface area contributed by atoms with Crippen LogP contribution in [0.5, 0.6) is 0 Å². The van der Waals surface area contributed by atoms with Gasteiger partial charge in [-0.15, -0.1) is 11.3 Å². The number of aromatic nitrogens is 2. The van der Waals surface area contributed by atoms with E-state index in [1.165, 1.54) is 4.57 Å². The molecule has 0 saturated heterocycles. The number of thiophene rings is 1. The Morgan fingerprint density at radius 2 is 1.75 bits per heavy atom. The number of carbonyl (C=O) groups is 2. The summed E-state index contributed by atoms with van der Waals surface area (Å²) < 4.78 is 1.43. The third-order valence-electron chi connectivity index (χ3n) is 5.69. The van der Waals surface area contributed by atoms with Gasteiger partial charge in [0.25, 0.3) is 11.5 Å². The lowest BCUT2D eigenvalue weighted by Gasteiger charge is -2.13. The Morgan fingerprint density at radius 3 is 2.41 bits per heavy atom. The zero-order valence-electron chi connectivity index (χ0n) is 18.1. The number of benzene rings is 2. The van der Waals surface area contributed by atoms with Crippen LogP contribution in [0.25, 0.3) is 10.2 Å². The quantitative estimate of drug-likeness (QED) is 0.455. The van der Waals surface area contributed by atoms with Gasteiger partial charge in [-0.25, -0.2) is 4.98 Å². The van der Waals surface area contributed by atoms with Gasteiger partial charge >= 0.3 is 0 Å². The van der Waals surface area contributed by atoms with Gasteiger partial charge in [0.05, 0.1) is 16.8 Å². The number of primary amides is 1. The molecule has 0 unspecified atom stereocenters. The molecule has 162 valence electrons. The van der Waals surface area contributed by atoms with E-state index in [2.05, 4.69) is 0 Å². The van der Waals surface area contributed by atoms with Gasteiger partial charge < -0.3 is 5.73 Å². The number of ketones is 1. The molecule has 2 heterocycles. The maximum Gasteiger partial charge on any atom is 0.263 e. The molecule has 0 saturated carbocycles. The zero-order chi connectivity index (χ0) is 23.0. The van der Waals surface area contributed by atoms with E-state index in [0.29, 0.717) is 38.5 Å². The largest absolute Gasteiger partial charge is 0.365 e. The number of hydrogen-bond donors (Lipinski definition) is 1. The van der Waals surface area contributed by atoms with E-state index in [4.69, 9.17) is 10.7 Å². The van der Waals surface area contributed by atoms with Crippen molar-refractivity contribution in [1.82, 2.24) is 9.55 Å². The Labute approximate surface area is 189 Å². The van der Waals surface area contributed by atoms with E-state index in [1.54, 1.807) is 13.0 Å². The van der Waals surface area contributed by atoms with Crippen LogP contribution in [0.3, 0.4) is 0 Å². The molecule has 0 fully saturated rings. The number of Topliss-reactive ketones (excluding diaryl/α,β-unsaturated/α-hetero) is 1. The Bertz CT molecular complexity index is 1420. The highest BCUT2D eigenvalue weighted by Gasteiger charge is 2.22. The third-order valence-corrected chi connectivity index (χ3v) is 6.89. The molecule has 0 aliphatic rings. The van der Waals surface area contributed by atoms with Gasteiger partial charge in [-0.1, -0.05) is 42.5 Å². The summed E-state index contributed by atoms with van der Waals surface area (Å²) in [6, 6.07) is 15.2. The summed E-state index contributed by atoms with van der Waals surface area (Å²) in [6.07, 6.45) is 0.384. The van der Waals surface area contributed by atoms with Gasteiger partial charge in [0, 0.05) is 12.0 Å². The highest BCUT2D eigenvalue weighted by molar-refractivity contribution is 7.20. The van der Waals surface area contributed by atoms with E-state index < -0.39 is 5.91 Å². The monoisotopic (exact) mass is 445 g/mol. The summed E-state index contributed by atoms with van der Waals surface area (Å²) >= 11 is 1.11. The summed E-state index contributed by atoms with van der Waals surface area (Å²) in [5.41, 5.74) is 9.29. The summed E-state index contributed by atoms with van der Waals surface area (Å²) in [4.78, 5) is 43.9. The van der Waals surface area contributed by atoms with Gasteiger partial charge in [0.1, 0.15) is 10.7 Å². The minimum Gasteiger partial charge on any atom is -0.365 e. The van der Waals surface area contributed by atoms with Crippen LogP contribution in [0.15, 0.2) is 53.3 Å². The molecule has 4 aromatic rings. The van der Waals surface area contributed by atoms with Crippen LogP contribution in [-0.4, -0.2) is 21.2 Å². The Hall–Kier alpha value is -3.58. The lowest BCUT2D eigenvalue weighted by Crippen LogP contribution is -2.29. The first-order chi connectivity index (χ1) is 15.3. The van der Waals surface area contributed by atoms with Crippen molar-refractivity contribution in [2.75, 3.05) is 0 Å². The molecule has 1 amide bonds. The maximum absolute atomic E-state index is 13.5. The van der Waals surface area contributed by atoms with Crippen molar-refractivity contribution in [3.63, 3.8) is 0 Å². The molecule has 6 nitrogen and oxygen atoms in total. The van der Waals surface area contributed by atoms with Crippen molar-refractivity contribution in [2.24, 2.45) is 5.73 Å². The minimum atomic E-state index is -0.590. The fourth-order valence-electron chi connectivity index (χ4n) is 3.72. The van der Waals surface area contributed by atoms with E-state index in [0.717, 1.165) is 28.0 Å². The first-order valence-corrected chi connectivity index (χ1v) is 11.0. The number of carbonyl (C=O) groups excluding carboxylic acids is 2. The van der Waals surface area contributed by atoms with E-state index in [-0.39, 0.29) is 17.9 Å². The molecule has 2 aromatic heterocycles. The van der Waals surface area contributed by atoms with Crippen LogP contribution in [0.4, 0.5) is 0 Å². The molecule has 0 spiro atoms. The molecule has 4 rings (SSSR count). The molecule has 2 aromatic carbocycles. The number of fused-ring (bicyclic) bond motifs is 1. The number of nitrogens with zero attached hydrogens (tertiary/aromatic N) is 2. The summed E-state index contributed by atoms with van der Waals surface area (Å²) in [6.45, 7) is 5.49. The number of nitrogens with two attached hydrogens (primary N) is 1. The molecular formula is C25H23N3O3S. The Balaban J connectivity index is 1.86. The van der Waals surface area contributed by atoms with Gasteiger partial charge in [-0.3, -0.25) is 19.0 Å². The molecule has 7 heteroatoms. The van der Waals surface area contributed by atoms with Crippen molar-refractivity contribution in [3.8, 4) is 0 Å². The second-order valence-corrected chi connectivity index (χ2v) is 8.90. The third kappa shape index (κ3) is 3.99. The molecule has 0 bridgehead atoms. The Morgan fingerprint density at radius 1 is 1.03 bits per heavy atom. The predicted octanol–water partition coefficient (Wildman–Crippen LogP) is 3.96. The van der Waals surface area contributed by atoms with Crippen molar-refractivity contribution in [3.05, 3.63) is 97.4 Å². The molecular weight excluding hydrogens is 422 g/mol. The molecule has 0 atom stereocenters. The average Bonchev–Trinajstić information content (AvgIpc) is 3.10. The van der Waals surface area contributed by atoms with E-state index >= 15 is 0 Å². The molecule has 0 aliphatic heterocycles. The lowest BCUT2D eigenvalue weighted by molar-refractivity contribution is 0.0967. The zero-order valence-corrected chi connectivity index (χ0v) is 19.0. The van der Waals surface area contributed by atoms with Crippen molar-refractivity contribution in [1.29, 1.82) is 0 Å². The van der Waals surface area contributed by atoms with Crippen LogP contribution in [0, 0.1) is 20.8 Å². The van der Waals surface area contributed by atoms with Crippen LogP contribution in [-0.2, 0) is 13.0 Å². The lowest BCUT2D eigenvalue weighted by atomic mass is 10.0. The van der Waals surface area contributed by atoms with Gasteiger partial charge in [0.2, 0.25) is 0 Å². The second-order valence-electron chi connectivity index (χ2n) is 7.90. The number of amides is 1. The number of rotatable bonds is 6. The normalized spacial score (nSPS) is 11.1. The fraction of sp³-hybridized carbons (Fsp3) is 0.200. The predicted molar refractivity (Wildman–Crippen MR) is 127 cm³/mol. The molecule has 0 radical (unpaired) electrons. The molecule has 2 N–H and O–H groups in total. The van der Waals surface area contributed by atoms with Crippen LogP contribution in [0.2, 0.25) is 0 Å². The topological polar surface area (TPSA) is 95.0 Å².